The fourth-order valence-corrected chi connectivity index (χ4v) is 2.38. The lowest BCUT2D eigenvalue weighted by Gasteiger charge is -2.03. The van der Waals surface area contributed by atoms with Crippen molar-refractivity contribution in [2.75, 3.05) is 11.5 Å². The van der Waals surface area contributed by atoms with Gasteiger partial charge in [0.1, 0.15) is 10.7 Å². The number of nitrogens with zero attached hydrogens (tertiary/aromatic N) is 2. The van der Waals surface area contributed by atoms with Gasteiger partial charge in [-0.3, -0.25) is 4.68 Å². The van der Waals surface area contributed by atoms with Crippen molar-refractivity contribution in [3.8, 4) is 0 Å². The minimum atomic E-state index is -4.99. The monoisotopic (exact) mass is 334 g/mol. The molecule has 1 heterocycles. The van der Waals surface area contributed by atoms with Crippen LogP contribution in [0, 0.1) is 0 Å². The number of carboxylic acid groups (broad SMARTS) is 1. The number of aryl methyl sites for hydroxylation is 1. The summed E-state index contributed by atoms with van der Waals surface area (Å²) < 4.78 is 61.0. The molecule has 20 heavy (non-hydrogen) atoms. The van der Waals surface area contributed by atoms with Crippen LogP contribution < -0.4 is 0 Å². The first-order chi connectivity index (χ1) is 8.99. The maximum Gasteiger partial charge on any atom is 0.436 e. The minimum Gasteiger partial charge on any atom is -0.478 e. The van der Waals surface area contributed by atoms with Crippen LogP contribution in [-0.2, 0) is 22.6 Å². The van der Waals surface area contributed by atoms with E-state index in [1.54, 1.807) is 0 Å². The van der Waals surface area contributed by atoms with Crippen LogP contribution >= 0.6 is 11.6 Å². The van der Waals surface area contributed by atoms with E-state index < -0.39 is 50.7 Å². The lowest BCUT2D eigenvalue weighted by atomic mass is 10.2. The average Bonchev–Trinajstić information content (AvgIpc) is 2.64. The second-order valence-corrected chi connectivity index (χ2v) is 6.61. The Morgan fingerprint density at radius 2 is 2.00 bits per heavy atom. The molecule has 1 aromatic heterocycles. The summed E-state index contributed by atoms with van der Waals surface area (Å²) in [7, 11) is -3.44. The summed E-state index contributed by atoms with van der Waals surface area (Å²) in [5, 5.41) is 11.0. The molecule has 1 N–H and O–H groups in total. The number of carboxylic acids is 1. The maximum absolute atomic E-state index is 12.6. The Balaban J connectivity index is 3.21. The van der Waals surface area contributed by atoms with Gasteiger partial charge in [-0.1, -0.05) is 18.5 Å². The smallest absolute Gasteiger partial charge is 0.436 e. The predicted molar refractivity (Wildman–Crippen MR) is 63.5 cm³/mol. The second kappa shape index (κ2) is 5.60. The summed E-state index contributed by atoms with van der Waals surface area (Å²) in [5.41, 5.74) is -2.84. The van der Waals surface area contributed by atoms with Crippen molar-refractivity contribution >= 4 is 27.4 Å². The molecule has 0 aromatic carbocycles. The Morgan fingerprint density at radius 3 is 2.35 bits per heavy atom. The molecule has 0 bridgehead atoms. The van der Waals surface area contributed by atoms with Crippen LogP contribution in [0.5, 0.6) is 0 Å². The van der Waals surface area contributed by atoms with Gasteiger partial charge in [-0.25, -0.2) is 13.2 Å². The molecule has 0 aliphatic heterocycles. The number of rotatable bonds is 5. The molecular formula is C9H10ClF3N2O4S. The molecule has 11 heteroatoms. The van der Waals surface area contributed by atoms with E-state index in [0.717, 1.165) is 0 Å². The molecule has 0 unspecified atom stereocenters. The minimum absolute atomic E-state index is 0.191. The molecule has 0 aliphatic carbocycles. The molecule has 0 atom stereocenters. The highest BCUT2D eigenvalue weighted by molar-refractivity contribution is 7.91. The van der Waals surface area contributed by atoms with Gasteiger partial charge in [0.05, 0.1) is 12.3 Å². The SMILES string of the molecule is CCS(=O)(=O)CCn1nc(C(F)(F)F)c(C(=O)O)c1Cl. The summed E-state index contributed by atoms with van der Waals surface area (Å²) in [4.78, 5) is 10.8. The van der Waals surface area contributed by atoms with Gasteiger partial charge in [0.2, 0.25) is 0 Å². The van der Waals surface area contributed by atoms with Gasteiger partial charge in [-0.15, -0.1) is 0 Å². The summed E-state index contributed by atoms with van der Waals surface area (Å²) in [6.07, 6.45) is -4.99. The molecule has 0 aliphatic rings. The number of hydrogen-bond donors (Lipinski definition) is 1. The Kier molecular flexibility index (Phi) is 4.70. The van der Waals surface area contributed by atoms with E-state index in [1.807, 2.05) is 0 Å². The molecular weight excluding hydrogens is 325 g/mol. The van der Waals surface area contributed by atoms with Crippen molar-refractivity contribution in [2.24, 2.45) is 0 Å². The summed E-state index contributed by atoms with van der Waals surface area (Å²) in [6.45, 7) is 0.926. The van der Waals surface area contributed by atoms with Crippen molar-refractivity contribution in [1.29, 1.82) is 0 Å². The number of carbonyl (C=O) groups is 1. The Labute approximate surface area is 117 Å². The molecule has 1 aromatic rings. The first-order valence-electron chi connectivity index (χ1n) is 5.26. The van der Waals surface area contributed by atoms with Gasteiger partial charge in [-0.2, -0.15) is 18.3 Å². The van der Waals surface area contributed by atoms with E-state index in [-0.39, 0.29) is 5.75 Å². The molecule has 6 nitrogen and oxygen atoms in total. The molecule has 114 valence electrons. The fourth-order valence-electron chi connectivity index (χ4n) is 1.35. The average molecular weight is 335 g/mol. The third kappa shape index (κ3) is 3.63. The number of sulfone groups is 1. The normalized spacial score (nSPS) is 12.7. The largest absolute Gasteiger partial charge is 0.478 e. The van der Waals surface area contributed by atoms with E-state index in [0.29, 0.717) is 4.68 Å². The third-order valence-electron chi connectivity index (χ3n) is 2.43. The van der Waals surface area contributed by atoms with E-state index in [9.17, 15) is 26.4 Å². The third-order valence-corrected chi connectivity index (χ3v) is 4.50. The number of hydrogen-bond acceptors (Lipinski definition) is 4. The fraction of sp³-hybridized carbons (Fsp3) is 0.556. The lowest BCUT2D eigenvalue weighted by Crippen LogP contribution is -2.16. The highest BCUT2D eigenvalue weighted by Crippen LogP contribution is 2.34. The van der Waals surface area contributed by atoms with Gasteiger partial charge < -0.3 is 5.11 Å². The standard InChI is InChI=1S/C9H10ClF3N2O4S/c1-2-20(18,19)4-3-15-7(10)5(8(16)17)6(14-15)9(11,12)13/h2-4H2,1H3,(H,16,17). The topological polar surface area (TPSA) is 89.3 Å². The first kappa shape index (κ1) is 16.8. The van der Waals surface area contributed by atoms with Crippen molar-refractivity contribution in [2.45, 2.75) is 19.6 Å². The number of halogens is 4. The van der Waals surface area contributed by atoms with Crippen molar-refractivity contribution < 1.29 is 31.5 Å². The highest BCUT2D eigenvalue weighted by atomic mass is 35.5. The summed E-state index contributed by atoms with van der Waals surface area (Å²) in [6, 6.07) is 0. The number of aromatic carboxylic acids is 1. The van der Waals surface area contributed by atoms with Crippen molar-refractivity contribution in [3.63, 3.8) is 0 Å². The molecule has 0 fully saturated rings. The molecule has 1 rings (SSSR count). The van der Waals surface area contributed by atoms with Crippen molar-refractivity contribution in [1.82, 2.24) is 9.78 Å². The van der Waals surface area contributed by atoms with Crippen LogP contribution in [0.2, 0.25) is 5.15 Å². The molecule has 0 amide bonds. The predicted octanol–water partition coefficient (Wildman–Crippen LogP) is 1.69. The number of aromatic nitrogens is 2. The van der Waals surface area contributed by atoms with Gasteiger partial charge >= 0.3 is 12.1 Å². The Morgan fingerprint density at radius 1 is 1.45 bits per heavy atom. The van der Waals surface area contributed by atoms with E-state index in [2.05, 4.69) is 5.10 Å². The van der Waals surface area contributed by atoms with Crippen LogP contribution in [0.3, 0.4) is 0 Å². The quantitative estimate of drug-likeness (QED) is 0.885. The lowest BCUT2D eigenvalue weighted by molar-refractivity contribution is -0.142. The van der Waals surface area contributed by atoms with Crippen LogP contribution in [0.4, 0.5) is 13.2 Å². The Bertz CT molecular complexity index is 624. The number of alkyl halides is 3. The van der Waals surface area contributed by atoms with Gasteiger partial charge in [0.15, 0.2) is 15.5 Å². The highest BCUT2D eigenvalue weighted by Gasteiger charge is 2.41. The summed E-state index contributed by atoms with van der Waals surface area (Å²) >= 11 is 5.53. The van der Waals surface area contributed by atoms with Gasteiger partial charge in [-0.05, 0) is 0 Å². The van der Waals surface area contributed by atoms with Gasteiger partial charge in [0.25, 0.3) is 0 Å². The maximum atomic E-state index is 12.6. The zero-order valence-corrected chi connectivity index (χ0v) is 11.7. The summed E-state index contributed by atoms with van der Waals surface area (Å²) in [5.74, 6) is -2.56. The first-order valence-corrected chi connectivity index (χ1v) is 7.46. The van der Waals surface area contributed by atoms with Crippen LogP contribution in [-0.4, -0.2) is 40.8 Å². The second-order valence-electron chi connectivity index (χ2n) is 3.78. The molecule has 0 saturated carbocycles. The van der Waals surface area contributed by atoms with Crippen LogP contribution in [0.25, 0.3) is 0 Å². The van der Waals surface area contributed by atoms with E-state index in [1.165, 1.54) is 6.92 Å². The molecule has 0 saturated heterocycles. The molecule has 0 radical (unpaired) electrons. The van der Waals surface area contributed by atoms with E-state index in [4.69, 9.17) is 16.7 Å². The van der Waals surface area contributed by atoms with E-state index >= 15 is 0 Å². The zero-order chi connectivity index (χ0) is 15.7. The molecule has 0 spiro atoms. The van der Waals surface area contributed by atoms with Gasteiger partial charge in [0, 0.05) is 5.75 Å². The van der Waals surface area contributed by atoms with Crippen molar-refractivity contribution in [3.05, 3.63) is 16.4 Å². The van der Waals surface area contributed by atoms with Crippen LogP contribution in [0.1, 0.15) is 23.0 Å². The van der Waals surface area contributed by atoms with Crippen LogP contribution in [0.15, 0.2) is 0 Å². The zero-order valence-electron chi connectivity index (χ0n) is 10.1. The Hall–Kier alpha value is -1.29.